The first-order chi connectivity index (χ1) is 21.0. The lowest BCUT2D eigenvalue weighted by Crippen LogP contribution is -2.42. The molecule has 2 heterocycles. The van der Waals surface area contributed by atoms with E-state index in [1.807, 2.05) is 0 Å². The SMILES string of the molecule is C[C@H](NP(=O)(OC[C@H]1O[C@@H](n2ccc(N)nc2=O)C(F)(F)C1O)Oc1ccccc1)C(=O)OC(C)(C)c1ccc([N+](=O)[O-])cc1. The number of hydrogen-bond donors (Lipinski definition) is 3. The normalized spacial score (nSPS) is 21.4. The van der Waals surface area contributed by atoms with Crippen LogP contribution >= 0.6 is 7.75 Å². The number of nitrogens with zero attached hydrogens (tertiary/aromatic N) is 3. The third kappa shape index (κ3) is 7.69. The number of carbonyl (C=O) groups is 1. The van der Waals surface area contributed by atoms with Crippen molar-refractivity contribution in [2.24, 2.45) is 0 Å². The van der Waals surface area contributed by atoms with Crippen molar-refractivity contribution in [2.75, 3.05) is 12.3 Å². The van der Waals surface area contributed by atoms with Gasteiger partial charge in [0.05, 0.1) is 11.5 Å². The van der Waals surface area contributed by atoms with E-state index in [1.165, 1.54) is 57.2 Å². The van der Waals surface area contributed by atoms with E-state index >= 15 is 8.78 Å². The van der Waals surface area contributed by atoms with Gasteiger partial charge in [0.15, 0.2) is 6.10 Å². The summed E-state index contributed by atoms with van der Waals surface area (Å²) in [5, 5.41) is 23.7. The summed E-state index contributed by atoms with van der Waals surface area (Å²) in [5.41, 5.74) is 3.24. The number of carbonyl (C=O) groups excluding carboxylic acids is 1. The topological polar surface area (TPSA) is 207 Å². The molecule has 5 atom stereocenters. The Kier molecular flexibility index (Phi) is 9.70. The van der Waals surface area contributed by atoms with Crippen molar-refractivity contribution in [3.63, 3.8) is 0 Å². The van der Waals surface area contributed by atoms with Gasteiger partial charge in [-0.3, -0.25) is 24.0 Å². The maximum atomic E-state index is 15.0. The van der Waals surface area contributed by atoms with Gasteiger partial charge in [-0.05, 0) is 56.7 Å². The second kappa shape index (κ2) is 13.0. The van der Waals surface area contributed by atoms with E-state index in [4.69, 9.17) is 24.3 Å². The molecule has 18 heteroatoms. The first-order valence-electron chi connectivity index (χ1n) is 13.3. The smallest absolute Gasteiger partial charge is 0.454 e. The number of hydrogen-bond acceptors (Lipinski definition) is 12. The summed E-state index contributed by atoms with van der Waals surface area (Å²) < 4.78 is 66.0. The number of nitrogen functional groups attached to an aromatic ring is 1. The molecule has 1 aliphatic rings. The van der Waals surface area contributed by atoms with Gasteiger partial charge in [0.2, 0.25) is 6.23 Å². The molecule has 3 aromatic rings. The minimum atomic E-state index is -4.59. The minimum Gasteiger partial charge on any atom is -0.454 e. The Hall–Kier alpha value is -4.28. The summed E-state index contributed by atoms with van der Waals surface area (Å²) in [5.74, 6) is -5.13. The van der Waals surface area contributed by atoms with Crippen LogP contribution in [0.4, 0.5) is 20.3 Å². The molecule has 15 nitrogen and oxygen atoms in total. The average Bonchev–Trinajstić information content (AvgIpc) is 3.20. The average molecular weight is 654 g/mol. The highest BCUT2D eigenvalue weighted by molar-refractivity contribution is 7.52. The molecule has 242 valence electrons. The minimum absolute atomic E-state index is 0.0238. The number of rotatable bonds is 12. The van der Waals surface area contributed by atoms with Crippen molar-refractivity contribution in [3.05, 3.63) is 93.0 Å². The number of anilines is 1. The Labute approximate surface area is 254 Å². The number of benzene rings is 2. The number of nitrogens with two attached hydrogens (primary N) is 1. The summed E-state index contributed by atoms with van der Waals surface area (Å²) in [6.45, 7) is 3.42. The zero-order valence-corrected chi connectivity index (χ0v) is 25.0. The molecular formula is C27H30F2N5O10P. The van der Waals surface area contributed by atoms with Gasteiger partial charge in [0, 0.05) is 18.3 Å². The molecule has 4 rings (SSSR count). The molecule has 0 amide bonds. The van der Waals surface area contributed by atoms with Gasteiger partial charge in [-0.25, -0.2) is 9.36 Å². The maximum Gasteiger partial charge on any atom is 0.459 e. The molecule has 0 spiro atoms. The molecule has 1 fully saturated rings. The molecule has 1 aliphatic heterocycles. The number of aromatic nitrogens is 2. The lowest BCUT2D eigenvalue weighted by molar-refractivity contribution is -0.384. The summed E-state index contributed by atoms with van der Waals surface area (Å²) in [6.07, 6.45) is -5.69. The molecule has 1 saturated heterocycles. The Balaban J connectivity index is 1.50. The highest BCUT2D eigenvalue weighted by Crippen LogP contribution is 2.48. The third-order valence-electron chi connectivity index (χ3n) is 6.70. The van der Waals surface area contributed by atoms with Gasteiger partial charge in [0.25, 0.3) is 5.69 Å². The Bertz CT molecular complexity index is 1640. The fourth-order valence-corrected chi connectivity index (χ4v) is 5.77. The molecule has 2 aromatic carbocycles. The van der Waals surface area contributed by atoms with Gasteiger partial charge in [-0.15, -0.1) is 0 Å². The lowest BCUT2D eigenvalue weighted by atomic mass is 9.97. The van der Waals surface area contributed by atoms with E-state index in [2.05, 4.69) is 10.1 Å². The number of nitro groups is 1. The van der Waals surface area contributed by atoms with E-state index < -0.39 is 66.9 Å². The first kappa shape index (κ1) is 33.6. The van der Waals surface area contributed by atoms with E-state index in [9.17, 15) is 29.4 Å². The summed E-state index contributed by atoms with van der Waals surface area (Å²) in [6, 6.07) is 12.6. The highest BCUT2D eigenvalue weighted by atomic mass is 31.2. The number of ether oxygens (including phenoxy) is 2. The van der Waals surface area contributed by atoms with Crippen LogP contribution in [0.5, 0.6) is 5.75 Å². The molecule has 0 bridgehead atoms. The highest BCUT2D eigenvalue weighted by Gasteiger charge is 2.60. The van der Waals surface area contributed by atoms with Crippen LogP contribution in [-0.2, 0) is 29.0 Å². The van der Waals surface area contributed by atoms with E-state index in [0.29, 0.717) is 10.1 Å². The second-order valence-electron chi connectivity index (χ2n) is 10.5. The molecule has 0 aliphatic carbocycles. The number of non-ortho nitro benzene ring substituents is 1. The number of nitrogens with one attached hydrogen (secondary N) is 1. The van der Waals surface area contributed by atoms with Gasteiger partial charge in [-0.1, -0.05) is 18.2 Å². The van der Waals surface area contributed by atoms with Crippen LogP contribution < -0.4 is 21.0 Å². The van der Waals surface area contributed by atoms with Crippen molar-refractivity contribution < 1.29 is 46.7 Å². The molecule has 4 N–H and O–H groups in total. The number of para-hydroxylation sites is 1. The van der Waals surface area contributed by atoms with Gasteiger partial charge >= 0.3 is 25.3 Å². The van der Waals surface area contributed by atoms with Crippen LogP contribution in [0.25, 0.3) is 0 Å². The number of aliphatic hydroxyl groups excluding tert-OH is 1. The third-order valence-corrected chi connectivity index (χ3v) is 8.34. The number of aliphatic hydroxyl groups is 1. The Morgan fingerprint density at radius 1 is 1.24 bits per heavy atom. The number of nitro benzene ring substituents is 1. The predicted octanol–water partition coefficient (Wildman–Crippen LogP) is 3.29. The van der Waals surface area contributed by atoms with Gasteiger partial charge in [-0.2, -0.15) is 18.9 Å². The van der Waals surface area contributed by atoms with Crippen LogP contribution in [0.2, 0.25) is 0 Å². The van der Waals surface area contributed by atoms with E-state index in [1.54, 1.807) is 18.2 Å². The number of esters is 1. The zero-order valence-electron chi connectivity index (χ0n) is 24.1. The molecular weight excluding hydrogens is 623 g/mol. The number of alkyl halides is 2. The van der Waals surface area contributed by atoms with E-state index in [0.717, 1.165) is 12.3 Å². The predicted molar refractivity (Wildman–Crippen MR) is 153 cm³/mol. The Morgan fingerprint density at radius 3 is 2.49 bits per heavy atom. The standard InChI is InChI=1S/C27H30F2N5O10P/c1-16(23(36)43-26(2,3)17-9-11-18(12-10-17)34(38)39)32-45(40,44-19-7-5-4-6-8-19)41-15-20-22(35)27(28,29)24(42-20)33-14-13-21(30)31-25(33)37/h4-14,16,20,22,24,35H,15H2,1-3H3,(H,32,40)(H2,30,31,37)/t16-,20+,22?,24+,45?/m0/s1. The van der Waals surface area contributed by atoms with Crippen molar-refractivity contribution in [3.8, 4) is 5.75 Å². The quantitative estimate of drug-likeness (QED) is 0.111. The lowest BCUT2D eigenvalue weighted by Gasteiger charge is -2.29. The van der Waals surface area contributed by atoms with Gasteiger partial charge in [0.1, 0.15) is 29.3 Å². The van der Waals surface area contributed by atoms with Crippen LogP contribution in [0.3, 0.4) is 0 Å². The fraction of sp³-hybridized carbons (Fsp3) is 0.370. The van der Waals surface area contributed by atoms with Crippen LogP contribution in [0.1, 0.15) is 32.6 Å². The van der Waals surface area contributed by atoms with E-state index in [-0.39, 0.29) is 17.3 Å². The summed E-state index contributed by atoms with van der Waals surface area (Å²) in [4.78, 5) is 39.0. The molecule has 0 radical (unpaired) electrons. The maximum absolute atomic E-state index is 15.0. The van der Waals surface area contributed by atoms with Crippen LogP contribution in [0, 0.1) is 10.1 Å². The summed E-state index contributed by atoms with van der Waals surface area (Å²) >= 11 is 0. The fourth-order valence-electron chi connectivity index (χ4n) is 4.27. The van der Waals surface area contributed by atoms with Crippen molar-refractivity contribution >= 4 is 25.2 Å². The monoisotopic (exact) mass is 653 g/mol. The van der Waals surface area contributed by atoms with Crippen molar-refractivity contribution in [1.29, 1.82) is 0 Å². The van der Waals surface area contributed by atoms with Gasteiger partial charge < -0.3 is 24.8 Å². The molecule has 45 heavy (non-hydrogen) atoms. The molecule has 2 unspecified atom stereocenters. The van der Waals surface area contributed by atoms with Crippen LogP contribution in [-0.4, -0.2) is 56.3 Å². The van der Waals surface area contributed by atoms with Crippen molar-refractivity contribution in [1.82, 2.24) is 14.6 Å². The van der Waals surface area contributed by atoms with Crippen molar-refractivity contribution in [2.45, 2.75) is 56.8 Å². The largest absolute Gasteiger partial charge is 0.459 e. The first-order valence-corrected chi connectivity index (χ1v) is 14.9. The molecule has 0 saturated carbocycles. The second-order valence-corrected chi connectivity index (χ2v) is 12.2. The Morgan fingerprint density at radius 2 is 1.89 bits per heavy atom. The van der Waals surface area contributed by atoms with Crippen LogP contribution in [0.15, 0.2) is 71.7 Å². The number of halogens is 2. The zero-order chi connectivity index (χ0) is 33.2. The molecule has 1 aromatic heterocycles. The summed E-state index contributed by atoms with van der Waals surface area (Å²) in [7, 11) is -4.59.